The lowest BCUT2D eigenvalue weighted by Gasteiger charge is -2.41. The summed E-state index contributed by atoms with van der Waals surface area (Å²) in [6.07, 6.45) is 0. The van der Waals surface area contributed by atoms with Crippen molar-refractivity contribution in [3.63, 3.8) is 0 Å². The monoisotopic (exact) mass is 1210 g/mol. The van der Waals surface area contributed by atoms with Gasteiger partial charge in [-0.3, -0.25) is 0 Å². The van der Waals surface area contributed by atoms with Gasteiger partial charge < -0.3 is 23.8 Å². The van der Waals surface area contributed by atoms with Crippen molar-refractivity contribution in [3.8, 4) is 33.6 Å². The molecular formula is C88H60BN5. The predicted molar refractivity (Wildman–Crippen MR) is 401 cm³/mol. The van der Waals surface area contributed by atoms with E-state index in [9.17, 15) is 11.0 Å². The number of anilines is 5. The van der Waals surface area contributed by atoms with Crippen molar-refractivity contribution in [2.75, 3.05) is 10.2 Å². The number of aromatic nitrogens is 3. The Morgan fingerprint density at radius 1 is 0.372 bits per heavy atom. The molecule has 0 radical (unpaired) electrons. The van der Waals surface area contributed by atoms with Crippen LogP contribution in [0.4, 0.5) is 28.4 Å². The number of fused-ring (bicyclic) bond motifs is 21. The molecule has 94 heavy (non-hydrogen) atoms. The molecule has 6 heterocycles. The molecule has 6 heteroatoms. The molecule has 1 N–H and O–H groups in total. The third kappa shape index (κ3) is 7.53. The van der Waals surface area contributed by atoms with E-state index >= 15 is 0 Å². The number of benzene rings is 14. The highest BCUT2D eigenvalue weighted by atomic mass is 15.2. The molecule has 18 aromatic rings. The van der Waals surface area contributed by atoms with Gasteiger partial charge in [0, 0.05) is 88.3 Å². The first-order chi connectivity index (χ1) is 52.9. The molecule has 2 aliphatic rings. The van der Waals surface area contributed by atoms with Gasteiger partial charge in [0.1, 0.15) is 0 Å². The largest absolute Gasteiger partial charge is 0.355 e. The van der Waals surface area contributed by atoms with Crippen LogP contribution in [0.1, 0.15) is 48.3 Å². The quantitative estimate of drug-likeness (QED) is 0.168. The summed E-state index contributed by atoms with van der Waals surface area (Å²) in [6, 6.07) is 63.0. The van der Waals surface area contributed by atoms with Gasteiger partial charge in [-0.1, -0.05) is 245 Å². The molecule has 4 aromatic heterocycles. The van der Waals surface area contributed by atoms with Crippen molar-refractivity contribution < 1.29 is 21.9 Å². The normalized spacial score (nSPS) is 15.2. The van der Waals surface area contributed by atoms with Crippen LogP contribution in [-0.2, 0) is 5.41 Å². The number of rotatable bonds is 6. The fourth-order valence-corrected chi connectivity index (χ4v) is 15.6. The van der Waals surface area contributed by atoms with Crippen molar-refractivity contribution in [3.05, 3.63) is 308 Å². The van der Waals surface area contributed by atoms with E-state index in [1.54, 1.807) is 4.57 Å². The van der Waals surface area contributed by atoms with Crippen LogP contribution in [0.3, 0.4) is 0 Å². The van der Waals surface area contributed by atoms with Crippen LogP contribution in [0.5, 0.6) is 0 Å². The van der Waals surface area contributed by atoms with Crippen molar-refractivity contribution in [1.29, 1.82) is 0 Å². The van der Waals surface area contributed by atoms with Crippen LogP contribution in [0, 0.1) is 0 Å². The molecule has 0 aliphatic carbocycles. The van der Waals surface area contributed by atoms with Gasteiger partial charge in [-0.25, -0.2) is 0 Å². The van der Waals surface area contributed by atoms with Crippen molar-refractivity contribution in [1.82, 2.24) is 13.5 Å². The Bertz CT molecular complexity index is 7250. The number of hydrogen-bond acceptors (Lipinski definition) is 2. The Hall–Kier alpha value is -11.9. The molecule has 0 atom stereocenters. The molecule has 20 rings (SSSR count). The summed E-state index contributed by atoms with van der Waals surface area (Å²) >= 11 is 0. The molecular weight excluding hydrogens is 1140 g/mol. The van der Waals surface area contributed by atoms with Gasteiger partial charge in [0.25, 0.3) is 6.71 Å². The Morgan fingerprint density at radius 2 is 1.01 bits per heavy atom. The summed E-state index contributed by atoms with van der Waals surface area (Å²) in [4.78, 5) is 2.32. The molecule has 0 saturated carbocycles. The minimum absolute atomic E-state index is 0.0115. The summed E-state index contributed by atoms with van der Waals surface area (Å²) in [5.74, 6) is 0. The fourth-order valence-electron chi connectivity index (χ4n) is 15.6. The minimum Gasteiger partial charge on any atom is -0.355 e. The third-order valence-corrected chi connectivity index (χ3v) is 19.6. The van der Waals surface area contributed by atoms with Gasteiger partial charge in [-0.2, -0.15) is 0 Å². The Labute approximate surface area is 566 Å². The highest BCUT2D eigenvalue weighted by molar-refractivity contribution is 7.00. The van der Waals surface area contributed by atoms with Crippen LogP contribution in [0.2, 0.25) is 0 Å². The highest BCUT2D eigenvalue weighted by Crippen LogP contribution is 2.51. The first kappa shape index (κ1) is 39.4. The van der Waals surface area contributed by atoms with Crippen molar-refractivity contribution in [2.45, 2.75) is 26.2 Å². The van der Waals surface area contributed by atoms with E-state index in [1.807, 2.05) is 48.5 Å². The van der Waals surface area contributed by atoms with E-state index in [-0.39, 0.29) is 44.7 Å². The number of nitrogens with zero attached hydrogens (tertiary/aromatic N) is 4. The topological polar surface area (TPSA) is 29.5 Å². The van der Waals surface area contributed by atoms with Crippen LogP contribution in [0.25, 0.3) is 137 Å². The molecule has 14 aromatic carbocycles. The lowest BCUT2D eigenvalue weighted by atomic mass is 9.33. The lowest BCUT2D eigenvalue weighted by Crippen LogP contribution is -2.60. The van der Waals surface area contributed by atoms with Crippen LogP contribution in [0.15, 0.2) is 303 Å². The molecule has 0 amide bonds. The van der Waals surface area contributed by atoms with Crippen LogP contribution in [-0.4, -0.2) is 20.2 Å². The maximum atomic E-state index is 9.76. The van der Waals surface area contributed by atoms with E-state index in [0.29, 0.717) is 17.1 Å². The zero-order valence-corrected chi connectivity index (χ0v) is 51.0. The molecule has 0 saturated heterocycles. The molecule has 0 unspecified atom stereocenters. The zero-order chi connectivity index (χ0) is 76.0. The third-order valence-electron chi connectivity index (χ3n) is 19.6. The summed E-state index contributed by atoms with van der Waals surface area (Å²) in [5.41, 5.74) is 13.3. The molecule has 2 aliphatic heterocycles. The first-order valence-electron chi connectivity index (χ1n) is 39.5. The highest BCUT2D eigenvalue weighted by Gasteiger charge is 2.45. The predicted octanol–water partition coefficient (Wildman–Crippen LogP) is 21.4. The van der Waals surface area contributed by atoms with E-state index in [4.69, 9.17) is 11.0 Å². The summed E-state index contributed by atoms with van der Waals surface area (Å²) in [6.45, 7) is 5.93. The Balaban J connectivity index is 0.981. The maximum Gasteiger partial charge on any atom is 0.252 e. The number of para-hydroxylation sites is 5. The number of hydrogen-bond donors (Lipinski definition) is 1. The standard InChI is InChI=1S/C88H60BN5/c1-88(2,3)57-49-72-71-51-58(90-75-37-18-14-27-61(75)56-25-8-5-9-26-56)43-48-79(71)94-82-53-81-83(70-36-22-35-69-65-31-13-11-29-63(65)62-28-10-12-30-64(62)66-32-15-21-40-78(66)93(81)85(69)70)87-84(82)89(74(50-57)86(72)94)73-47-46-60(91-76-38-19-16-33-67(76)68-34-17-20-39-77(68)91)52-80(73)92(87)59-44-41-55(42-45-59)54-23-6-4-7-24-54/h4-53,90H,1-3H3/i5D,8D,9D,14D,16D,17D,18D,19D,20D,25D,27D,33D,34D,37D,38D,39D. The molecule has 440 valence electrons. The number of nitrogens with one attached hydrogen (secondary N) is 1. The summed E-state index contributed by atoms with van der Waals surface area (Å²) in [5, 5.41) is 13.0. The zero-order valence-electron chi connectivity index (χ0n) is 67.0. The van der Waals surface area contributed by atoms with E-state index in [2.05, 4.69) is 192 Å². The van der Waals surface area contributed by atoms with Crippen LogP contribution >= 0.6 is 0 Å². The maximum absolute atomic E-state index is 9.76. The second kappa shape index (κ2) is 19.8. The van der Waals surface area contributed by atoms with Gasteiger partial charge in [-0.15, -0.1) is 0 Å². The van der Waals surface area contributed by atoms with Gasteiger partial charge in [0.15, 0.2) is 0 Å². The smallest absolute Gasteiger partial charge is 0.252 e. The average molecular weight is 1210 g/mol. The minimum atomic E-state index is -0.596. The first-order valence-corrected chi connectivity index (χ1v) is 31.5. The lowest BCUT2D eigenvalue weighted by molar-refractivity contribution is 0.591. The van der Waals surface area contributed by atoms with Crippen LogP contribution < -0.4 is 26.6 Å². The Kier molecular flexibility index (Phi) is 8.31. The SMILES string of the molecule is [2H]c1cc(-c2c([2H])c([2H])c([2H])c([2H])c2Nc2ccc3c(c2)c2cc(C(C)(C)C)cc4c2n3-c2cc3c(c5c2B4c2ccc(-n4c6c([2H])c([2H])c([2H])c([2H])c6c6c([2H])c([2H])c([2H])c([2H])c64)cc2N5c2ccc(-c4ccccc4)cc2)c2cccc4c5ccccc5c5ccccc5c5ccccc5n3c42)c([2H])c([2H])c1[2H]. The molecule has 0 fully saturated rings. The summed E-state index contributed by atoms with van der Waals surface area (Å²) in [7, 11) is 0. The van der Waals surface area contributed by atoms with Gasteiger partial charge in [0.05, 0.1) is 60.7 Å². The summed E-state index contributed by atoms with van der Waals surface area (Å²) < 4.78 is 153. The van der Waals surface area contributed by atoms with E-state index in [0.717, 1.165) is 132 Å². The molecule has 0 spiro atoms. The van der Waals surface area contributed by atoms with Gasteiger partial charge >= 0.3 is 0 Å². The fraction of sp³-hybridized carbons (Fsp3) is 0.0455. The molecule has 5 nitrogen and oxygen atoms in total. The van der Waals surface area contributed by atoms with Crippen molar-refractivity contribution >= 4 is 155 Å². The Morgan fingerprint density at radius 3 is 1.78 bits per heavy atom. The second-order valence-corrected chi connectivity index (χ2v) is 25.6. The average Bonchev–Trinajstić information content (AvgIpc) is 1.41. The van der Waals surface area contributed by atoms with Gasteiger partial charge in [-0.05, 0) is 144 Å². The molecule has 0 bridgehead atoms. The second-order valence-electron chi connectivity index (χ2n) is 25.6. The van der Waals surface area contributed by atoms with E-state index < -0.39 is 103 Å². The van der Waals surface area contributed by atoms with Crippen molar-refractivity contribution in [2.24, 2.45) is 0 Å². The van der Waals surface area contributed by atoms with Gasteiger partial charge in [0.2, 0.25) is 0 Å². The van der Waals surface area contributed by atoms with E-state index in [1.165, 1.54) is 6.07 Å².